The summed E-state index contributed by atoms with van der Waals surface area (Å²) >= 11 is 0. The van der Waals surface area contributed by atoms with E-state index in [2.05, 4.69) is 71.1 Å². The van der Waals surface area contributed by atoms with E-state index in [9.17, 15) is 0 Å². The molecule has 2 aromatic carbocycles. The third kappa shape index (κ3) is 3.15. The zero-order valence-electron chi connectivity index (χ0n) is 16.2. The zero-order chi connectivity index (χ0) is 17.9. The molecular formula is C23H31N3. The van der Waals surface area contributed by atoms with Crippen molar-refractivity contribution >= 4 is 21.8 Å². The number of piperazine rings is 1. The molecule has 0 amide bonds. The number of aromatic nitrogens is 1. The van der Waals surface area contributed by atoms with E-state index in [1.165, 1.54) is 46.6 Å². The molecule has 2 heterocycles. The summed E-state index contributed by atoms with van der Waals surface area (Å²) in [5, 5.41) is 6.30. The van der Waals surface area contributed by atoms with E-state index in [0.29, 0.717) is 6.04 Å². The lowest BCUT2D eigenvalue weighted by atomic mass is 9.97. The molecule has 0 radical (unpaired) electrons. The van der Waals surface area contributed by atoms with Gasteiger partial charge >= 0.3 is 0 Å². The van der Waals surface area contributed by atoms with Gasteiger partial charge in [0.15, 0.2) is 0 Å². The number of fused-ring (bicyclic) bond motifs is 3. The number of para-hydroxylation sites is 1. The van der Waals surface area contributed by atoms with Crippen LogP contribution in [0.2, 0.25) is 0 Å². The molecule has 1 aliphatic heterocycles. The summed E-state index contributed by atoms with van der Waals surface area (Å²) in [7, 11) is 0. The number of unbranched alkanes of at least 4 members (excludes halogenated alkanes) is 1. The maximum absolute atomic E-state index is 3.50. The summed E-state index contributed by atoms with van der Waals surface area (Å²) in [6.07, 6.45) is 3.82. The van der Waals surface area contributed by atoms with Crippen molar-refractivity contribution in [3.8, 4) is 0 Å². The Labute approximate surface area is 157 Å². The van der Waals surface area contributed by atoms with Gasteiger partial charge in [-0.2, -0.15) is 0 Å². The first kappa shape index (κ1) is 17.6. The highest BCUT2D eigenvalue weighted by molar-refractivity contribution is 6.08. The molecule has 26 heavy (non-hydrogen) atoms. The van der Waals surface area contributed by atoms with E-state index in [1.54, 1.807) is 0 Å². The quantitative estimate of drug-likeness (QED) is 0.679. The lowest BCUT2D eigenvalue weighted by Crippen LogP contribution is -2.45. The first-order valence-corrected chi connectivity index (χ1v) is 10.3. The minimum absolute atomic E-state index is 0.546. The summed E-state index contributed by atoms with van der Waals surface area (Å²) in [5.41, 5.74) is 4.22. The molecule has 3 heteroatoms. The van der Waals surface area contributed by atoms with Crippen LogP contribution in [0.4, 0.5) is 0 Å². The van der Waals surface area contributed by atoms with Crippen LogP contribution in [0.1, 0.15) is 44.7 Å². The van der Waals surface area contributed by atoms with E-state index in [0.717, 1.165) is 32.7 Å². The molecule has 138 valence electrons. The fraction of sp³-hybridized carbons (Fsp3) is 0.478. The van der Waals surface area contributed by atoms with E-state index in [1.807, 2.05) is 0 Å². The fourth-order valence-corrected chi connectivity index (χ4v) is 4.57. The molecule has 0 aliphatic carbocycles. The third-order valence-electron chi connectivity index (χ3n) is 5.92. The van der Waals surface area contributed by atoms with E-state index < -0.39 is 0 Å². The molecule has 3 aromatic rings. The highest BCUT2D eigenvalue weighted by Gasteiger charge is 2.22. The molecule has 0 bridgehead atoms. The number of nitrogens with zero attached hydrogens (tertiary/aromatic N) is 2. The Bertz CT molecular complexity index is 874. The maximum Gasteiger partial charge on any atom is 0.0491 e. The van der Waals surface area contributed by atoms with Crippen molar-refractivity contribution in [1.82, 2.24) is 14.8 Å². The second-order valence-corrected chi connectivity index (χ2v) is 7.48. The molecule has 0 unspecified atom stereocenters. The minimum Gasteiger partial charge on any atom is -0.341 e. The summed E-state index contributed by atoms with van der Waals surface area (Å²) < 4.78 is 2.44. The second kappa shape index (κ2) is 7.81. The van der Waals surface area contributed by atoms with Crippen molar-refractivity contribution < 1.29 is 0 Å². The Morgan fingerprint density at radius 2 is 1.73 bits per heavy atom. The van der Waals surface area contributed by atoms with Gasteiger partial charge in [-0.15, -0.1) is 0 Å². The van der Waals surface area contributed by atoms with Crippen LogP contribution < -0.4 is 5.32 Å². The summed E-state index contributed by atoms with van der Waals surface area (Å²) in [5.74, 6) is 0. The first-order chi connectivity index (χ1) is 12.8. The number of aryl methyl sites for hydroxylation is 1. The highest BCUT2D eigenvalue weighted by Crippen LogP contribution is 2.34. The van der Waals surface area contributed by atoms with Crippen LogP contribution in [-0.2, 0) is 6.54 Å². The second-order valence-electron chi connectivity index (χ2n) is 7.48. The molecule has 1 atom stereocenters. The molecule has 4 rings (SSSR count). The standard InChI is InChI=1S/C23H31N3/c1-3-5-9-21(25-15-13-24-14-16-25)18-11-12-23-20(17-18)19-8-6-7-10-22(19)26(23)4-2/h6-8,10-12,17,21,24H,3-5,9,13-16H2,1-2H3/t21-/m1/s1. The van der Waals surface area contributed by atoms with Gasteiger partial charge in [0.25, 0.3) is 0 Å². The van der Waals surface area contributed by atoms with Gasteiger partial charge in [-0.1, -0.05) is 44.0 Å². The molecule has 1 fully saturated rings. The minimum atomic E-state index is 0.546. The first-order valence-electron chi connectivity index (χ1n) is 10.3. The Morgan fingerprint density at radius 3 is 2.50 bits per heavy atom. The number of hydrogen-bond acceptors (Lipinski definition) is 2. The highest BCUT2D eigenvalue weighted by atomic mass is 15.2. The number of nitrogens with one attached hydrogen (secondary N) is 1. The van der Waals surface area contributed by atoms with Crippen molar-refractivity contribution in [2.75, 3.05) is 26.2 Å². The van der Waals surface area contributed by atoms with Crippen LogP contribution in [0, 0.1) is 0 Å². The summed E-state index contributed by atoms with van der Waals surface area (Å²) in [4.78, 5) is 2.69. The molecule has 1 N–H and O–H groups in total. The van der Waals surface area contributed by atoms with E-state index in [-0.39, 0.29) is 0 Å². The smallest absolute Gasteiger partial charge is 0.0491 e. The Hall–Kier alpha value is -1.84. The summed E-state index contributed by atoms with van der Waals surface area (Å²) in [6.45, 7) is 10.1. The van der Waals surface area contributed by atoms with Crippen LogP contribution in [0.5, 0.6) is 0 Å². The van der Waals surface area contributed by atoms with Crippen LogP contribution in [0.15, 0.2) is 42.5 Å². The van der Waals surface area contributed by atoms with Crippen LogP contribution >= 0.6 is 0 Å². The average molecular weight is 350 g/mol. The van der Waals surface area contributed by atoms with Gasteiger partial charge in [0.2, 0.25) is 0 Å². The Balaban J connectivity index is 1.80. The fourth-order valence-electron chi connectivity index (χ4n) is 4.57. The van der Waals surface area contributed by atoms with E-state index >= 15 is 0 Å². The summed E-state index contributed by atoms with van der Waals surface area (Å²) in [6, 6.07) is 16.6. The normalized spacial score (nSPS) is 17.2. The van der Waals surface area contributed by atoms with Crippen molar-refractivity contribution in [3.05, 3.63) is 48.0 Å². The van der Waals surface area contributed by atoms with Gasteiger partial charge in [-0.05, 0) is 37.1 Å². The monoisotopic (exact) mass is 349 g/mol. The molecule has 0 spiro atoms. The molecular weight excluding hydrogens is 318 g/mol. The van der Waals surface area contributed by atoms with Gasteiger partial charge < -0.3 is 9.88 Å². The molecule has 1 aromatic heterocycles. The van der Waals surface area contributed by atoms with Crippen LogP contribution in [-0.4, -0.2) is 35.6 Å². The average Bonchev–Trinajstić information content (AvgIpc) is 3.02. The third-order valence-corrected chi connectivity index (χ3v) is 5.92. The molecule has 1 aliphatic rings. The van der Waals surface area contributed by atoms with Crippen molar-refractivity contribution in [3.63, 3.8) is 0 Å². The zero-order valence-corrected chi connectivity index (χ0v) is 16.2. The van der Waals surface area contributed by atoms with Gasteiger partial charge in [-0.25, -0.2) is 0 Å². The molecule has 3 nitrogen and oxygen atoms in total. The Morgan fingerprint density at radius 1 is 0.962 bits per heavy atom. The lowest BCUT2D eigenvalue weighted by molar-refractivity contribution is 0.163. The lowest BCUT2D eigenvalue weighted by Gasteiger charge is -2.35. The van der Waals surface area contributed by atoms with Crippen molar-refractivity contribution in [1.29, 1.82) is 0 Å². The van der Waals surface area contributed by atoms with Gasteiger partial charge in [0.1, 0.15) is 0 Å². The van der Waals surface area contributed by atoms with Gasteiger partial charge in [0.05, 0.1) is 0 Å². The Kier molecular flexibility index (Phi) is 5.28. The predicted molar refractivity (Wildman–Crippen MR) is 112 cm³/mol. The predicted octanol–water partition coefficient (Wildman–Crippen LogP) is 4.95. The number of rotatable bonds is 6. The number of hydrogen-bond donors (Lipinski definition) is 1. The number of benzene rings is 2. The van der Waals surface area contributed by atoms with Crippen molar-refractivity contribution in [2.45, 2.75) is 45.7 Å². The van der Waals surface area contributed by atoms with Crippen LogP contribution in [0.25, 0.3) is 21.8 Å². The topological polar surface area (TPSA) is 20.2 Å². The van der Waals surface area contributed by atoms with Crippen LogP contribution in [0.3, 0.4) is 0 Å². The maximum atomic E-state index is 3.50. The SMILES string of the molecule is CCCC[C@H](c1ccc2c(c1)c1ccccc1n2CC)N1CCNCC1. The van der Waals surface area contributed by atoms with Crippen molar-refractivity contribution in [2.24, 2.45) is 0 Å². The van der Waals surface area contributed by atoms with E-state index in [4.69, 9.17) is 0 Å². The molecule has 0 saturated carbocycles. The largest absolute Gasteiger partial charge is 0.341 e. The molecule has 1 saturated heterocycles. The van der Waals surface area contributed by atoms with Gasteiger partial charge in [-0.3, -0.25) is 4.90 Å². The van der Waals surface area contributed by atoms with Gasteiger partial charge in [0, 0.05) is 60.6 Å².